The number of unbranched alkanes of at least 4 members (excludes halogenated alkanes) is 32. The first kappa shape index (κ1) is 59.1. The number of esters is 1. The molecule has 0 aromatic rings. The van der Waals surface area contributed by atoms with Gasteiger partial charge in [0.1, 0.15) is 0 Å². The van der Waals surface area contributed by atoms with Crippen molar-refractivity contribution in [2.24, 2.45) is 0 Å². The highest BCUT2D eigenvalue weighted by molar-refractivity contribution is 5.76. The zero-order chi connectivity index (χ0) is 44.4. The summed E-state index contributed by atoms with van der Waals surface area (Å²) in [5.74, 6) is -0.142. The molecule has 1 amide bonds. The van der Waals surface area contributed by atoms with Gasteiger partial charge in [-0.15, -0.1) is 0 Å². The van der Waals surface area contributed by atoms with E-state index < -0.39 is 12.1 Å². The quantitative estimate of drug-likeness (QED) is 0.0322. The smallest absolute Gasteiger partial charge is 0.305 e. The number of aliphatic hydroxyl groups is 2. The van der Waals surface area contributed by atoms with Crippen LogP contribution < -0.4 is 5.32 Å². The van der Waals surface area contributed by atoms with Gasteiger partial charge in [0.2, 0.25) is 5.91 Å². The molecule has 6 nitrogen and oxygen atoms in total. The van der Waals surface area contributed by atoms with Gasteiger partial charge in [-0.2, -0.15) is 0 Å². The van der Waals surface area contributed by atoms with Crippen molar-refractivity contribution in [1.82, 2.24) is 5.32 Å². The van der Waals surface area contributed by atoms with E-state index in [1.165, 1.54) is 186 Å². The minimum Gasteiger partial charge on any atom is -0.466 e. The lowest BCUT2D eigenvalue weighted by molar-refractivity contribution is -0.143. The second-order valence-corrected chi connectivity index (χ2v) is 18.2. The largest absolute Gasteiger partial charge is 0.466 e. The van der Waals surface area contributed by atoms with Crippen molar-refractivity contribution in [3.8, 4) is 0 Å². The third-order valence-corrected chi connectivity index (χ3v) is 12.2. The summed E-state index contributed by atoms with van der Waals surface area (Å²) < 4.78 is 5.43. The van der Waals surface area contributed by atoms with Gasteiger partial charge in [0.05, 0.1) is 25.4 Å². The fourth-order valence-electron chi connectivity index (χ4n) is 8.04. The molecule has 0 spiro atoms. The first-order valence-corrected chi connectivity index (χ1v) is 26.7. The third-order valence-electron chi connectivity index (χ3n) is 12.2. The zero-order valence-electron chi connectivity index (χ0n) is 40.6. The number of carbonyl (C=O) groups is 2. The van der Waals surface area contributed by atoms with Gasteiger partial charge in [-0.3, -0.25) is 9.59 Å². The number of carbonyl (C=O) groups excluding carboxylic acids is 2. The predicted molar refractivity (Wildman–Crippen MR) is 264 cm³/mol. The second kappa shape index (κ2) is 50.7. The maximum absolute atomic E-state index is 12.4. The minimum absolute atomic E-state index is 0.0272. The second-order valence-electron chi connectivity index (χ2n) is 18.2. The normalized spacial score (nSPS) is 12.9. The monoisotopic (exact) mass is 858 g/mol. The summed E-state index contributed by atoms with van der Waals surface area (Å²) in [6, 6.07) is -0.586. The van der Waals surface area contributed by atoms with E-state index in [1.54, 1.807) is 0 Å². The number of nitrogens with one attached hydrogen (secondary N) is 1. The molecule has 0 aliphatic heterocycles. The fraction of sp³-hybridized carbons (Fsp3) is 0.855. The van der Waals surface area contributed by atoms with Crippen LogP contribution in [0.25, 0.3) is 0 Å². The molecule has 0 rings (SSSR count). The molecule has 2 atom stereocenters. The summed E-state index contributed by atoms with van der Waals surface area (Å²) in [4.78, 5) is 24.4. The van der Waals surface area contributed by atoms with Gasteiger partial charge in [0.15, 0.2) is 0 Å². The van der Waals surface area contributed by atoms with Crippen LogP contribution in [0.3, 0.4) is 0 Å². The molecular formula is C55H103NO5. The summed E-state index contributed by atoms with van der Waals surface area (Å²) in [5, 5.41) is 23.2. The van der Waals surface area contributed by atoms with Crippen molar-refractivity contribution in [2.45, 2.75) is 289 Å². The van der Waals surface area contributed by atoms with Gasteiger partial charge in [-0.25, -0.2) is 0 Å². The van der Waals surface area contributed by atoms with Gasteiger partial charge in [-0.1, -0.05) is 230 Å². The molecule has 0 aromatic carbocycles. The van der Waals surface area contributed by atoms with Gasteiger partial charge in [-0.05, 0) is 70.6 Å². The lowest BCUT2D eigenvalue weighted by Gasteiger charge is -2.22. The molecular weight excluding hydrogens is 755 g/mol. The van der Waals surface area contributed by atoms with Gasteiger partial charge < -0.3 is 20.3 Å². The van der Waals surface area contributed by atoms with Crippen molar-refractivity contribution in [1.29, 1.82) is 0 Å². The Morgan fingerprint density at radius 3 is 1.33 bits per heavy atom. The third kappa shape index (κ3) is 47.4. The number of aliphatic hydroxyl groups excluding tert-OH is 2. The molecule has 0 heterocycles. The molecule has 0 fully saturated rings. The van der Waals surface area contributed by atoms with Crippen molar-refractivity contribution < 1.29 is 24.5 Å². The maximum atomic E-state index is 12.4. The molecule has 0 radical (unpaired) electrons. The first-order chi connectivity index (χ1) is 30.0. The SMILES string of the molecule is CCCCC/C=C\CCCCCCCC(=O)OCCCCCCCC/C=C\C/C=C\CCC(=O)NC(CO)C(O)CCCCCCCCCCCCCCCCCCCCC. The summed E-state index contributed by atoms with van der Waals surface area (Å²) in [5.41, 5.74) is 0. The highest BCUT2D eigenvalue weighted by Crippen LogP contribution is 2.16. The first-order valence-electron chi connectivity index (χ1n) is 26.7. The number of rotatable bonds is 49. The van der Waals surface area contributed by atoms with Crippen LogP contribution in [-0.2, 0) is 14.3 Å². The Morgan fingerprint density at radius 2 is 0.836 bits per heavy atom. The average Bonchev–Trinajstić information content (AvgIpc) is 3.26. The number of amides is 1. The molecule has 0 aliphatic carbocycles. The number of allylic oxidation sites excluding steroid dienone is 6. The highest BCUT2D eigenvalue weighted by Gasteiger charge is 2.19. The van der Waals surface area contributed by atoms with Crippen LogP contribution in [0.2, 0.25) is 0 Å². The Labute approximate surface area is 379 Å². The van der Waals surface area contributed by atoms with Gasteiger partial charge >= 0.3 is 5.97 Å². The van der Waals surface area contributed by atoms with E-state index in [0.29, 0.717) is 32.3 Å². The molecule has 0 saturated heterocycles. The maximum Gasteiger partial charge on any atom is 0.305 e. The van der Waals surface area contributed by atoms with Crippen LogP contribution in [0.4, 0.5) is 0 Å². The number of ether oxygens (including phenoxy) is 1. The lowest BCUT2D eigenvalue weighted by Crippen LogP contribution is -2.45. The summed E-state index contributed by atoms with van der Waals surface area (Å²) >= 11 is 0. The van der Waals surface area contributed by atoms with Crippen LogP contribution in [-0.4, -0.2) is 47.4 Å². The van der Waals surface area contributed by atoms with E-state index in [1.807, 2.05) is 6.08 Å². The Kier molecular flexibility index (Phi) is 49.1. The molecule has 61 heavy (non-hydrogen) atoms. The molecule has 358 valence electrons. The Balaban J connectivity index is 3.56. The Morgan fingerprint density at radius 1 is 0.459 bits per heavy atom. The van der Waals surface area contributed by atoms with E-state index in [9.17, 15) is 19.8 Å². The number of hydrogen-bond donors (Lipinski definition) is 3. The Bertz CT molecular complexity index is 993. The average molecular weight is 858 g/mol. The molecule has 2 unspecified atom stereocenters. The fourth-order valence-corrected chi connectivity index (χ4v) is 8.04. The standard InChI is InChI=1S/C55H103NO5/c1-3-5-7-9-11-13-15-17-18-19-20-21-22-24-27-31-35-39-43-47-53(58)52(51-57)56-54(59)48-44-40-36-32-28-25-23-26-30-34-38-42-46-50-61-55(60)49-45-41-37-33-29-16-14-12-10-8-6-4-2/h12,14,25,28,36,40,52-53,57-58H,3-11,13,15-24,26-27,29-35,37-39,41-51H2,1-2H3,(H,56,59)/b14-12-,28-25-,40-36-. The van der Waals surface area contributed by atoms with Gasteiger partial charge in [0, 0.05) is 12.8 Å². The van der Waals surface area contributed by atoms with Crippen LogP contribution in [0.1, 0.15) is 277 Å². The molecule has 3 N–H and O–H groups in total. The van der Waals surface area contributed by atoms with Crippen LogP contribution in [0.15, 0.2) is 36.5 Å². The van der Waals surface area contributed by atoms with Crippen LogP contribution in [0.5, 0.6) is 0 Å². The molecule has 6 heteroatoms. The molecule has 0 aliphatic rings. The summed E-state index contributed by atoms with van der Waals surface area (Å²) in [7, 11) is 0. The lowest BCUT2D eigenvalue weighted by atomic mass is 10.0. The molecule has 0 aromatic heterocycles. The number of hydrogen-bond acceptors (Lipinski definition) is 5. The highest BCUT2D eigenvalue weighted by atomic mass is 16.5. The van der Waals surface area contributed by atoms with Crippen LogP contribution >= 0.6 is 0 Å². The minimum atomic E-state index is -0.700. The van der Waals surface area contributed by atoms with Crippen molar-refractivity contribution in [3.05, 3.63) is 36.5 Å². The van der Waals surface area contributed by atoms with Crippen molar-refractivity contribution in [2.75, 3.05) is 13.2 Å². The topological polar surface area (TPSA) is 95.9 Å². The summed E-state index contributed by atoms with van der Waals surface area (Å²) in [6.45, 7) is 4.86. The van der Waals surface area contributed by atoms with Crippen molar-refractivity contribution in [3.63, 3.8) is 0 Å². The van der Waals surface area contributed by atoms with E-state index in [0.717, 1.165) is 51.4 Å². The zero-order valence-corrected chi connectivity index (χ0v) is 40.6. The van der Waals surface area contributed by atoms with Gasteiger partial charge in [0.25, 0.3) is 0 Å². The van der Waals surface area contributed by atoms with Crippen molar-refractivity contribution >= 4 is 11.9 Å². The van der Waals surface area contributed by atoms with E-state index in [4.69, 9.17) is 4.74 Å². The molecule has 0 bridgehead atoms. The van der Waals surface area contributed by atoms with E-state index >= 15 is 0 Å². The molecule has 0 saturated carbocycles. The van der Waals surface area contributed by atoms with Crippen LogP contribution in [0, 0.1) is 0 Å². The summed E-state index contributed by atoms with van der Waals surface area (Å²) in [6.07, 6.45) is 61.3. The van der Waals surface area contributed by atoms with E-state index in [2.05, 4.69) is 49.5 Å². The predicted octanol–water partition coefficient (Wildman–Crippen LogP) is 16.1. The van der Waals surface area contributed by atoms with E-state index in [-0.39, 0.29) is 18.5 Å². The Hall–Kier alpha value is -1.92.